The number of hydrogen-bond donors (Lipinski definition) is 0. The van der Waals surface area contributed by atoms with Gasteiger partial charge >= 0.3 is 5.97 Å². The molecule has 2 heterocycles. The number of nitrogens with zero attached hydrogens (tertiary/aromatic N) is 2. The number of esters is 1. The van der Waals surface area contributed by atoms with Gasteiger partial charge in [0.25, 0.3) is 0 Å². The molecule has 0 fully saturated rings. The van der Waals surface area contributed by atoms with Crippen LogP contribution in [0.15, 0.2) is 55.1 Å². The summed E-state index contributed by atoms with van der Waals surface area (Å²) in [6.07, 6.45) is 12.0. The second-order valence-corrected chi connectivity index (χ2v) is 6.54. The molecule has 134 valence electrons. The Bertz CT molecular complexity index is 616. The van der Waals surface area contributed by atoms with Crippen LogP contribution in [0.5, 0.6) is 0 Å². The van der Waals surface area contributed by atoms with Crippen LogP contribution in [-0.4, -0.2) is 17.6 Å². The summed E-state index contributed by atoms with van der Waals surface area (Å²) < 4.78 is 7.82. The number of carbonyl (C=O) groups is 1. The van der Waals surface area contributed by atoms with Crippen molar-refractivity contribution in [3.63, 3.8) is 0 Å². The zero-order valence-electron chi connectivity index (χ0n) is 15.3. The zero-order valence-corrected chi connectivity index (χ0v) is 15.3. The van der Waals surface area contributed by atoms with E-state index in [1.807, 2.05) is 37.3 Å². The molecule has 0 aliphatic heterocycles. The van der Waals surface area contributed by atoms with Gasteiger partial charge in [-0.1, -0.05) is 25.8 Å². The van der Waals surface area contributed by atoms with Crippen LogP contribution in [0.4, 0.5) is 0 Å². The summed E-state index contributed by atoms with van der Waals surface area (Å²) >= 11 is 0. The second kappa shape index (κ2) is 10.6. The van der Waals surface area contributed by atoms with Gasteiger partial charge in [-0.25, -0.2) is 4.57 Å². The van der Waals surface area contributed by atoms with Crippen molar-refractivity contribution < 1.29 is 14.1 Å². The molecular formula is C21H29N2O2+. The minimum atomic E-state index is -0.252. The molecule has 0 saturated carbocycles. The fraction of sp³-hybridized carbons (Fsp3) is 0.476. The first-order chi connectivity index (χ1) is 12.2. The topological polar surface area (TPSA) is 43.1 Å². The molecular weight excluding hydrogens is 312 g/mol. The lowest BCUT2D eigenvalue weighted by Gasteiger charge is -2.17. The van der Waals surface area contributed by atoms with Gasteiger partial charge in [0.2, 0.25) is 0 Å². The van der Waals surface area contributed by atoms with Crippen molar-refractivity contribution in [2.45, 2.75) is 52.0 Å². The summed E-state index contributed by atoms with van der Waals surface area (Å²) in [6.45, 7) is 5.54. The van der Waals surface area contributed by atoms with Crippen molar-refractivity contribution >= 4 is 5.97 Å². The first-order valence-corrected chi connectivity index (χ1v) is 9.21. The Hall–Kier alpha value is -2.23. The number of hydrogen-bond acceptors (Lipinski definition) is 3. The summed E-state index contributed by atoms with van der Waals surface area (Å²) in [5.41, 5.74) is 0.949. The van der Waals surface area contributed by atoms with Crippen molar-refractivity contribution in [3.05, 3.63) is 60.7 Å². The molecule has 2 aromatic rings. The van der Waals surface area contributed by atoms with Gasteiger partial charge in [0.05, 0.1) is 12.5 Å². The normalized spacial score (nSPS) is 13.2. The van der Waals surface area contributed by atoms with E-state index in [1.165, 1.54) is 6.42 Å². The fourth-order valence-electron chi connectivity index (χ4n) is 2.83. The Morgan fingerprint density at radius 2 is 1.88 bits per heavy atom. The molecule has 0 N–H and O–H groups in total. The minimum absolute atomic E-state index is 0.153. The predicted octanol–water partition coefficient (Wildman–Crippen LogP) is 3.91. The van der Waals surface area contributed by atoms with Crippen LogP contribution in [0, 0.1) is 5.92 Å². The third-order valence-electron chi connectivity index (χ3n) is 4.56. The lowest BCUT2D eigenvalue weighted by Crippen LogP contribution is -2.34. The van der Waals surface area contributed by atoms with Crippen molar-refractivity contribution in [3.8, 4) is 0 Å². The molecule has 25 heavy (non-hydrogen) atoms. The van der Waals surface area contributed by atoms with Crippen LogP contribution in [0.1, 0.15) is 51.0 Å². The Kier molecular flexibility index (Phi) is 8.10. The maximum absolute atomic E-state index is 12.3. The molecule has 2 rings (SSSR count). The third kappa shape index (κ3) is 6.65. The second-order valence-electron chi connectivity index (χ2n) is 6.54. The van der Waals surface area contributed by atoms with Gasteiger partial charge in [0, 0.05) is 30.9 Å². The van der Waals surface area contributed by atoms with E-state index in [-0.39, 0.29) is 11.9 Å². The van der Waals surface area contributed by atoms with Crippen LogP contribution in [0.2, 0.25) is 0 Å². The van der Waals surface area contributed by atoms with Gasteiger partial charge in [-0.3, -0.25) is 9.78 Å². The van der Waals surface area contributed by atoms with E-state index >= 15 is 0 Å². The Morgan fingerprint density at radius 3 is 2.56 bits per heavy atom. The molecule has 0 aliphatic rings. The Labute approximate surface area is 150 Å². The van der Waals surface area contributed by atoms with Gasteiger partial charge in [0.1, 0.15) is 6.54 Å². The van der Waals surface area contributed by atoms with Gasteiger partial charge in [0.15, 0.2) is 12.4 Å². The van der Waals surface area contributed by atoms with E-state index < -0.39 is 0 Å². The highest BCUT2D eigenvalue weighted by Gasteiger charge is 2.19. The molecule has 4 heteroatoms. The predicted molar refractivity (Wildman–Crippen MR) is 97.9 cm³/mol. The van der Waals surface area contributed by atoms with E-state index in [1.54, 1.807) is 12.4 Å². The fourth-order valence-corrected chi connectivity index (χ4v) is 2.83. The van der Waals surface area contributed by atoms with Crippen molar-refractivity contribution in [1.82, 2.24) is 4.98 Å². The standard InChI is InChI=1S/C21H29N2O2/c1-3-4-8-19(11-16-23-14-6-5-7-15-23)17-25-21(24)18(2)20-9-12-22-13-10-20/h5-7,9-10,12-15,18-19H,3-4,8,11,16-17H2,1-2H3/q+1/t18-,19?/m1/s1. The first-order valence-electron chi connectivity index (χ1n) is 9.21. The molecule has 0 aliphatic carbocycles. The monoisotopic (exact) mass is 341 g/mol. The number of pyridine rings is 2. The average Bonchev–Trinajstić information content (AvgIpc) is 2.68. The van der Waals surface area contributed by atoms with Crippen LogP contribution >= 0.6 is 0 Å². The van der Waals surface area contributed by atoms with Gasteiger partial charge in [-0.05, 0) is 37.0 Å². The molecule has 1 unspecified atom stereocenters. The summed E-state index contributed by atoms with van der Waals surface area (Å²) in [5, 5.41) is 0. The lowest BCUT2D eigenvalue weighted by atomic mass is 9.99. The van der Waals surface area contributed by atoms with Gasteiger partial charge in [-0.15, -0.1) is 0 Å². The summed E-state index contributed by atoms with van der Waals surface area (Å²) in [7, 11) is 0. The SMILES string of the molecule is CCCCC(CC[n+]1ccccc1)COC(=O)[C@H](C)c1ccncc1. The summed E-state index contributed by atoms with van der Waals surface area (Å²) in [5.74, 6) is -0.000340. The number of aromatic nitrogens is 2. The molecule has 2 aromatic heterocycles. The number of ether oxygens (including phenoxy) is 1. The van der Waals surface area contributed by atoms with E-state index in [9.17, 15) is 4.79 Å². The van der Waals surface area contributed by atoms with Crippen molar-refractivity contribution in [1.29, 1.82) is 0 Å². The molecule has 4 nitrogen and oxygen atoms in total. The van der Waals surface area contributed by atoms with Crippen LogP contribution in [0.25, 0.3) is 0 Å². The van der Waals surface area contributed by atoms with E-state index in [2.05, 4.69) is 28.9 Å². The van der Waals surface area contributed by atoms with Crippen molar-refractivity contribution in [2.75, 3.05) is 6.61 Å². The molecule has 2 atom stereocenters. The molecule has 0 aromatic carbocycles. The lowest BCUT2D eigenvalue weighted by molar-refractivity contribution is -0.698. The highest BCUT2D eigenvalue weighted by molar-refractivity contribution is 5.77. The maximum Gasteiger partial charge on any atom is 0.313 e. The van der Waals surface area contributed by atoms with Gasteiger partial charge in [-0.2, -0.15) is 0 Å². The van der Waals surface area contributed by atoms with E-state index in [0.717, 1.165) is 31.4 Å². The highest BCUT2D eigenvalue weighted by atomic mass is 16.5. The molecule has 0 amide bonds. The first kappa shape index (κ1) is 19.1. The Balaban J connectivity index is 1.84. The van der Waals surface area contributed by atoms with Crippen LogP contribution in [0.3, 0.4) is 0 Å². The van der Waals surface area contributed by atoms with Gasteiger partial charge < -0.3 is 4.74 Å². The smallest absolute Gasteiger partial charge is 0.313 e. The Morgan fingerprint density at radius 1 is 1.16 bits per heavy atom. The zero-order chi connectivity index (χ0) is 17.9. The average molecular weight is 341 g/mol. The van der Waals surface area contributed by atoms with Crippen molar-refractivity contribution in [2.24, 2.45) is 5.92 Å². The summed E-state index contributed by atoms with van der Waals surface area (Å²) in [6, 6.07) is 9.83. The third-order valence-corrected chi connectivity index (χ3v) is 4.56. The maximum atomic E-state index is 12.3. The highest BCUT2D eigenvalue weighted by Crippen LogP contribution is 2.18. The number of rotatable bonds is 10. The molecule has 0 spiro atoms. The molecule has 0 bridgehead atoms. The van der Waals surface area contributed by atoms with Crippen LogP contribution in [-0.2, 0) is 16.1 Å². The number of unbranched alkanes of at least 4 members (excludes halogenated alkanes) is 1. The van der Waals surface area contributed by atoms with E-state index in [0.29, 0.717) is 12.5 Å². The molecule has 0 saturated heterocycles. The summed E-state index contributed by atoms with van der Waals surface area (Å²) in [4.78, 5) is 16.3. The quantitative estimate of drug-likeness (QED) is 0.486. The largest absolute Gasteiger partial charge is 0.465 e. The number of aryl methyl sites for hydroxylation is 1. The van der Waals surface area contributed by atoms with E-state index in [4.69, 9.17) is 4.74 Å². The number of carbonyl (C=O) groups excluding carboxylic acids is 1. The molecule has 0 radical (unpaired) electrons. The van der Waals surface area contributed by atoms with Crippen LogP contribution < -0.4 is 4.57 Å². The minimum Gasteiger partial charge on any atom is -0.465 e.